The molecule has 2 aliphatic heterocycles. The fraction of sp³-hybridized carbons (Fsp3) is 0.261. The van der Waals surface area contributed by atoms with E-state index in [2.05, 4.69) is 31.5 Å². The van der Waals surface area contributed by atoms with Gasteiger partial charge in [-0.05, 0) is 55.3 Å². The Kier molecular flexibility index (Phi) is 5.67. The quantitative estimate of drug-likeness (QED) is 0.552. The van der Waals surface area contributed by atoms with Crippen LogP contribution in [0.2, 0.25) is 0 Å². The molecule has 0 bridgehead atoms. The maximum absolute atomic E-state index is 13.1. The third-order valence-electron chi connectivity index (χ3n) is 5.54. The van der Waals surface area contributed by atoms with Gasteiger partial charge in [0.05, 0.1) is 12.6 Å². The van der Waals surface area contributed by atoms with E-state index in [1.807, 2.05) is 66.7 Å². The minimum absolute atomic E-state index is 0.00294. The Morgan fingerprint density at radius 1 is 1.16 bits per heavy atom. The van der Waals surface area contributed by atoms with Crippen LogP contribution in [0.5, 0.6) is 5.75 Å². The number of nitrogens with one attached hydrogen (secondary N) is 1. The Balaban J connectivity index is 1.25. The van der Waals surface area contributed by atoms with Gasteiger partial charge in [-0.25, -0.2) is 5.43 Å². The van der Waals surface area contributed by atoms with Gasteiger partial charge in [-0.1, -0.05) is 33.2 Å². The van der Waals surface area contributed by atoms with Crippen molar-refractivity contribution in [2.45, 2.75) is 32.0 Å². The van der Waals surface area contributed by atoms with Crippen molar-refractivity contribution in [3.05, 3.63) is 76.9 Å². The largest absolute Gasteiger partial charge is 0.494 e. The molecule has 8 nitrogen and oxygen atoms in total. The van der Waals surface area contributed by atoms with Gasteiger partial charge in [0.2, 0.25) is 11.7 Å². The van der Waals surface area contributed by atoms with E-state index < -0.39 is 0 Å². The lowest BCUT2D eigenvalue weighted by Crippen LogP contribution is -2.47. The van der Waals surface area contributed by atoms with Gasteiger partial charge in [0.25, 0.3) is 5.91 Å². The van der Waals surface area contributed by atoms with Crippen molar-refractivity contribution in [2.75, 3.05) is 6.61 Å². The highest BCUT2D eigenvalue weighted by molar-refractivity contribution is 9.10. The number of aromatic nitrogens is 2. The second kappa shape index (κ2) is 8.76. The van der Waals surface area contributed by atoms with Gasteiger partial charge in [0, 0.05) is 22.4 Å². The third-order valence-corrected chi connectivity index (χ3v) is 6.07. The van der Waals surface area contributed by atoms with Crippen molar-refractivity contribution in [2.24, 2.45) is 0 Å². The van der Waals surface area contributed by atoms with E-state index in [0.717, 1.165) is 21.3 Å². The lowest BCUT2D eigenvalue weighted by atomic mass is 10.0. The summed E-state index contributed by atoms with van der Waals surface area (Å²) in [5, 5.41) is 5.92. The predicted molar refractivity (Wildman–Crippen MR) is 121 cm³/mol. The molecule has 0 aliphatic carbocycles. The van der Waals surface area contributed by atoms with Gasteiger partial charge in [0.1, 0.15) is 18.3 Å². The van der Waals surface area contributed by atoms with E-state index in [0.29, 0.717) is 24.7 Å². The standard InChI is InChI=1S/C23H22BrN5O3/c1-2-31-18-9-5-15(6-10-18)19-13-20-23(30)28(11-12-29(20)26-19)14-21-25-22(27-32-21)16-3-7-17(24)8-4-16/h3-12,19-20,26H,2,13-14H2,1H3. The minimum atomic E-state index is -0.287. The van der Waals surface area contributed by atoms with Crippen LogP contribution in [0, 0.1) is 0 Å². The number of carbonyl (C=O) groups excluding carboxylic acids is 1. The average Bonchev–Trinajstić information content (AvgIpc) is 3.45. The molecule has 5 rings (SSSR count). The van der Waals surface area contributed by atoms with Gasteiger partial charge >= 0.3 is 0 Å². The van der Waals surface area contributed by atoms with Crippen LogP contribution in [0.3, 0.4) is 0 Å². The van der Waals surface area contributed by atoms with Crippen LogP contribution in [0.15, 0.2) is 69.9 Å². The summed E-state index contributed by atoms with van der Waals surface area (Å²) in [5.74, 6) is 1.73. The lowest BCUT2D eigenvalue weighted by molar-refractivity contribution is -0.135. The summed E-state index contributed by atoms with van der Waals surface area (Å²) in [6.07, 6.45) is 4.30. The highest BCUT2D eigenvalue weighted by Gasteiger charge is 2.40. The Hall–Kier alpha value is -3.17. The molecule has 32 heavy (non-hydrogen) atoms. The zero-order valence-electron chi connectivity index (χ0n) is 17.4. The normalized spacial score (nSPS) is 20.0. The first-order valence-electron chi connectivity index (χ1n) is 10.5. The van der Waals surface area contributed by atoms with Crippen molar-refractivity contribution in [1.82, 2.24) is 25.5 Å². The molecular formula is C23H22BrN5O3. The molecule has 0 spiro atoms. The number of benzene rings is 2. The highest BCUT2D eigenvalue weighted by Crippen LogP contribution is 2.32. The second-order valence-corrected chi connectivity index (χ2v) is 8.54. The summed E-state index contributed by atoms with van der Waals surface area (Å²) in [6.45, 7) is 2.83. The highest BCUT2D eigenvalue weighted by atomic mass is 79.9. The zero-order chi connectivity index (χ0) is 22.1. The van der Waals surface area contributed by atoms with Gasteiger partial charge in [-0.3, -0.25) is 4.79 Å². The Labute approximate surface area is 193 Å². The number of ether oxygens (including phenoxy) is 1. The van der Waals surface area contributed by atoms with Crippen molar-refractivity contribution in [3.63, 3.8) is 0 Å². The first-order chi connectivity index (χ1) is 15.6. The van der Waals surface area contributed by atoms with E-state index >= 15 is 0 Å². The molecule has 1 amide bonds. The molecule has 0 saturated carbocycles. The molecule has 3 aromatic rings. The zero-order valence-corrected chi connectivity index (χ0v) is 19.0. The molecule has 1 saturated heterocycles. The van der Waals surface area contributed by atoms with Crippen LogP contribution in [-0.4, -0.2) is 38.6 Å². The maximum atomic E-state index is 13.1. The van der Waals surface area contributed by atoms with Gasteiger partial charge in [0.15, 0.2) is 0 Å². The van der Waals surface area contributed by atoms with Crippen LogP contribution in [0.25, 0.3) is 11.4 Å². The van der Waals surface area contributed by atoms with E-state index in [1.54, 1.807) is 11.1 Å². The van der Waals surface area contributed by atoms with Gasteiger partial charge < -0.3 is 19.2 Å². The van der Waals surface area contributed by atoms with Gasteiger partial charge in [-0.2, -0.15) is 4.98 Å². The SMILES string of the molecule is CCOc1ccc(C2CC3C(=O)N(Cc4nc(-c5ccc(Br)cc5)no4)C=CN3N2)cc1. The molecule has 0 radical (unpaired) electrons. The molecular weight excluding hydrogens is 474 g/mol. The number of carbonyl (C=O) groups is 1. The van der Waals surface area contributed by atoms with Crippen LogP contribution >= 0.6 is 15.9 Å². The molecule has 9 heteroatoms. The smallest absolute Gasteiger partial charge is 0.251 e. The summed E-state index contributed by atoms with van der Waals surface area (Å²) >= 11 is 3.42. The topological polar surface area (TPSA) is 83.7 Å². The van der Waals surface area contributed by atoms with Crippen LogP contribution in [0.4, 0.5) is 0 Å². The monoisotopic (exact) mass is 495 g/mol. The Morgan fingerprint density at radius 2 is 1.94 bits per heavy atom. The lowest BCUT2D eigenvalue weighted by Gasteiger charge is -2.30. The van der Waals surface area contributed by atoms with Crippen molar-refractivity contribution in [3.8, 4) is 17.1 Å². The van der Waals surface area contributed by atoms with Crippen molar-refractivity contribution < 1.29 is 14.1 Å². The molecule has 164 valence electrons. The third kappa shape index (κ3) is 4.13. The molecule has 1 aromatic heterocycles. The molecule has 2 atom stereocenters. The number of hydrogen-bond donors (Lipinski definition) is 1. The second-order valence-electron chi connectivity index (χ2n) is 7.63. The molecule has 1 fully saturated rings. The number of rotatable bonds is 6. The maximum Gasteiger partial charge on any atom is 0.251 e. The number of halogens is 1. The molecule has 2 unspecified atom stereocenters. The van der Waals surface area contributed by atoms with Crippen LogP contribution in [-0.2, 0) is 11.3 Å². The number of hydrazine groups is 1. The molecule has 3 heterocycles. The molecule has 2 aliphatic rings. The summed E-state index contributed by atoms with van der Waals surface area (Å²) in [6, 6.07) is 15.4. The van der Waals surface area contributed by atoms with Crippen molar-refractivity contribution >= 4 is 21.8 Å². The number of fused-ring (bicyclic) bond motifs is 1. The van der Waals surface area contributed by atoms with Crippen molar-refractivity contribution in [1.29, 1.82) is 0 Å². The fourth-order valence-corrected chi connectivity index (χ4v) is 4.19. The van der Waals surface area contributed by atoms with Gasteiger partial charge in [-0.15, -0.1) is 0 Å². The Morgan fingerprint density at radius 3 is 2.69 bits per heavy atom. The van der Waals surface area contributed by atoms with Crippen LogP contribution in [0.1, 0.15) is 30.8 Å². The summed E-state index contributed by atoms with van der Waals surface area (Å²) in [5.41, 5.74) is 5.38. The summed E-state index contributed by atoms with van der Waals surface area (Å²) in [4.78, 5) is 19.2. The van der Waals surface area contributed by atoms with E-state index in [-0.39, 0.29) is 24.5 Å². The fourth-order valence-electron chi connectivity index (χ4n) is 3.93. The van der Waals surface area contributed by atoms with E-state index in [1.165, 1.54) is 0 Å². The van der Waals surface area contributed by atoms with Crippen LogP contribution < -0.4 is 10.2 Å². The average molecular weight is 496 g/mol. The van der Waals surface area contributed by atoms with E-state index in [9.17, 15) is 4.79 Å². The van der Waals surface area contributed by atoms with E-state index in [4.69, 9.17) is 9.26 Å². The summed E-state index contributed by atoms with van der Waals surface area (Å²) in [7, 11) is 0. The molecule has 1 N–H and O–H groups in total. The summed E-state index contributed by atoms with van der Waals surface area (Å²) < 4.78 is 11.9. The molecule has 2 aromatic carbocycles. The Bertz CT molecular complexity index is 1130. The first kappa shape index (κ1) is 20.7. The number of nitrogens with zero attached hydrogens (tertiary/aromatic N) is 4. The predicted octanol–water partition coefficient (Wildman–Crippen LogP) is 4.03. The number of hydrogen-bond acceptors (Lipinski definition) is 7. The minimum Gasteiger partial charge on any atom is -0.494 e. The number of amides is 1. The first-order valence-corrected chi connectivity index (χ1v) is 11.2.